The Bertz CT molecular complexity index is 170. The Morgan fingerprint density at radius 2 is 1.73 bits per heavy atom. The van der Waals surface area contributed by atoms with E-state index < -0.39 is 17.9 Å². The Hall–Kier alpha value is -1.07. The average molecular weight is 160 g/mol. The number of carbonyl (C=O) groups excluding carboxylic acids is 3. The van der Waals surface area contributed by atoms with Crippen LogP contribution in [0.25, 0.3) is 0 Å². The molecule has 0 spiro atoms. The van der Waals surface area contributed by atoms with Gasteiger partial charge in [0.25, 0.3) is 11.6 Å². The summed E-state index contributed by atoms with van der Waals surface area (Å²) in [6, 6.07) is 0. The Kier molecular flexibility index (Phi) is 4.24. The van der Waals surface area contributed by atoms with Gasteiger partial charge in [0.1, 0.15) is 0 Å². The van der Waals surface area contributed by atoms with Crippen LogP contribution < -0.4 is 0 Å². The fourth-order valence-electron chi connectivity index (χ4n) is 0.485. The number of rotatable bonds is 5. The number of methoxy groups -OCH3 is 2. The van der Waals surface area contributed by atoms with Crippen molar-refractivity contribution < 1.29 is 23.9 Å². The van der Waals surface area contributed by atoms with Crippen molar-refractivity contribution in [2.45, 2.75) is 6.29 Å². The van der Waals surface area contributed by atoms with Crippen LogP contribution in [0.4, 0.5) is 0 Å². The van der Waals surface area contributed by atoms with Crippen LogP contribution in [0, 0.1) is 0 Å². The summed E-state index contributed by atoms with van der Waals surface area (Å²) in [4.78, 5) is 30.9. The van der Waals surface area contributed by atoms with E-state index in [0.717, 1.165) is 0 Å². The Balaban J connectivity index is 4.20. The molecule has 0 N–H and O–H groups in total. The van der Waals surface area contributed by atoms with Crippen LogP contribution in [0.1, 0.15) is 0 Å². The predicted octanol–water partition coefficient (Wildman–Crippen LogP) is -1.06. The largest absolute Gasteiger partial charge is 0.349 e. The van der Waals surface area contributed by atoms with Gasteiger partial charge in [-0.15, -0.1) is 0 Å². The zero-order chi connectivity index (χ0) is 8.85. The van der Waals surface area contributed by atoms with Gasteiger partial charge in [0.15, 0.2) is 6.29 Å². The van der Waals surface area contributed by atoms with E-state index in [1.807, 2.05) is 0 Å². The Morgan fingerprint density at radius 3 is 2.00 bits per heavy atom. The summed E-state index contributed by atoms with van der Waals surface area (Å²) in [5.74, 6) is -2.15. The molecule has 0 aromatic heterocycles. The third-order valence-corrected chi connectivity index (χ3v) is 0.992. The van der Waals surface area contributed by atoms with E-state index in [1.54, 1.807) is 0 Å². The Morgan fingerprint density at radius 1 is 1.27 bits per heavy atom. The SMILES string of the molecule is COC(OC)C(=O)C(=O)C=O. The summed E-state index contributed by atoms with van der Waals surface area (Å²) in [6.07, 6.45) is -1.35. The molecule has 0 atom stereocenters. The first-order valence-corrected chi connectivity index (χ1v) is 2.76. The molecule has 0 aromatic carbocycles. The molecule has 5 heteroatoms. The number of Topliss-reactive ketones (excluding diaryl/α,β-unsaturated/α-hetero) is 2. The summed E-state index contributed by atoms with van der Waals surface area (Å²) in [6.45, 7) is 0. The molecule has 0 rings (SSSR count). The second kappa shape index (κ2) is 4.70. The highest BCUT2D eigenvalue weighted by Gasteiger charge is 2.23. The van der Waals surface area contributed by atoms with Crippen LogP contribution in [0.3, 0.4) is 0 Å². The summed E-state index contributed by atoms with van der Waals surface area (Å²) in [5.41, 5.74) is 0. The van der Waals surface area contributed by atoms with Crippen LogP contribution in [-0.4, -0.2) is 38.4 Å². The number of aldehydes is 1. The predicted molar refractivity (Wildman–Crippen MR) is 33.9 cm³/mol. The van der Waals surface area contributed by atoms with Crippen LogP contribution in [0.5, 0.6) is 0 Å². The van der Waals surface area contributed by atoms with Gasteiger partial charge in [-0.2, -0.15) is 0 Å². The first-order valence-electron chi connectivity index (χ1n) is 2.76. The lowest BCUT2D eigenvalue weighted by molar-refractivity contribution is -0.162. The number of hydrogen-bond acceptors (Lipinski definition) is 5. The van der Waals surface area contributed by atoms with Crippen molar-refractivity contribution in [3.63, 3.8) is 0 Å². The standard InChI is InChI=1S/C6H8O5/c1-10-6(11-2)5(9)4(8)3-7/h3,6H,1-2H3. The molecule has 0 aliphatic rings. The average Bonchev–Trinajstić information content (AvgIpc) is 2.05. The van der Waals surface area contributed by atoms with Crippen molar-refractivity contribution in [2.24, 2.45) is 0 Å². The van der Waals surface area contributed by atoms with Crippen molar-refractivity contribution in [1.29, 1.82) is 0 Å². The molecule has 0 saturated carbocycles. The smallest absolute Gasteiger partial charge is 0.266 e. The highest BCUT2D eigenvalue weighted by Crippen LogP contribution is 1.92. The second-order valence-electron chi connectivity index (χ2n) is 1.65. The first kappa shape index (κ1) is 9.93. The van der Waals surface area contributed by atoms with Crippen molar-refractivity contribution in [3.05, 3.63) is 0 Å². The summed E-state index contributed by atoms with van der Waals surface area (Å²) in [7, 11) is 2.40. The van der Waals surface area contributed by atoms with Crippen molar-refractivity contribution in [3.8, 4) is 0 Å². The molecule has 0 amide bonds. The normalized spacial score (nSPS) is 9.73. The highest BCUT2D eigenvalue weighted by molar-refractivity contribution is 6.58. The maximum Gasteiger partial charge on any atom is 0.266 e. The van der Waals surface area contributed by atoms with Gasteiger partial charge < -0.3 is 9.47 Å². The summed E-state index contributed by atoms with van der Waals surface area (Å²) in [5, 5.41) is 0. The van der Waals surface area contributed by atoms with Crippen molar-refractivity contribution >= 4 is 17.9 Å². The molecule has 0 aromatic rings. The topological polar surface area (TPSA) is 69.7 Å². The molecule has 0 fully saturated rings. The maximum atomic E-state index is 10.7. The van der Waals surface area contributed by atoms with Crippen LogP contribution in [0.2, 0.25) is 0 Å². The fraction of sp³-hybridized carbons (Fsp3) is 0.500. The van der Waals surface area contributed by atoms with E-state index >= 15 is 0 Å². The molecular formula is C6H8O5. The molecule has 0 unspecified atom stereocenters. The van der Waals surface area contributed by atoms with E-state index in [0.29, 0.717) is 0 Å². The maximum absolute atomic E-state index is 10.7. The summed E-state index contributed by atoms with van der Waals surface area (Å²) < 4.78 is 8.87. The number of ether oxygens (including phenoxy) is 2. The molecule has 0 bridgehead atoms. The van der Waals surface area contributed by atoms with Gasteiger partial charge in [0.2, 0.25) is 6.29 Å². The molecule has 0 saturated heterocycles. The third kappa shape index (κ3) is 2.57. The van der Waals surface area contributed by atoms with Crippen molar-refractivity contribution in [1.82, 2.24) is 0 Å². The minimum absolute atomic E-state index is 0.0760. The van der Waals surface area contributed by atoms with E-state index in [-0.39, 0.29) is 6.29 Å². The minimum atomic E-state index is -1.27. The number of carbonyl (C=O) groups is 3. The highest BCUT2D eigenvalue weighted by atomic mass is 16.7. The van der Waals surface area contributed by atoms with E-state index in [9.17, 15) is 14.4 Å². The molecule has 5 nitrogen and oxygen atoms in total. The van der Waals surface area contributed by atoms with Crippen molar-refractivity contribution in [2.75, 3.05) is 14.2 Å². The van der Waals surface area contributed by atoms with Gasteiger partial charge in [-0.1, -0.05) is 0 Å². The van der Waals surface area contributed by atoms with Gasteiger partial charge in [-0.3, -0.25) is 14.4 Å². The molecule has 0 aliphatic carbocycles. The third-order valence-electron chi connectivity index (χ3n) is 0.992. The first-order chi connectivity index (χ1) is 5.17. The van der Waals surface area contributed by atoms with Gasteiger partial charge >= 0.3 is 0 Å². The summed E-state index contributed by atoms with van der Waals surface area (Å²) >= 11 is 0. The molecule has 0 heterocycles. The van der Waals surface area contributed by atoms with Crippen LogP contribution in [-0.2, 0) is 23.9 Å². The zero-order valence-electron chi connectivity index (χ0n) is 6.20. The minimum Gasteiger partial charge on any atom is -0.349 e. The van der Waals surface area contributed by atoms with Gasteiger partial charge in [0.05, 0.1) is 0 Å². The van der Waals surface area contributed by atoms with E-state index in [4.69, 9.17) is 0 Å². The molecule has 0 aliphatic heterocycles. The quantitative estimate of drug-likeness (QED) is 0.222. The van der Waals surface area contributed by atoms with Gasteiger partial charge in [-0.25, -0.2) is 0 Å². The Labute approximate surface area is 63.3 Å². The van der Waals surface area contributed by atoms with Crippen LogP contribution in [0.15, 0.2) is 0 Å². The second-order valence-corrected chi connectivity index (χ2v) is 1.65. The number of hydrogen-bond donors (Lipinski definition) is 0. The van der Waals surface area contributed by atoms with Crippen LogP contribution >= 0.6 is 0 Å². The van der Waals surface area contributed by atoms with E-state index in [1.165, 1.54) is 14.2 Å². The van der Waals surface area contributed by atoms with E-state index in [2.05, 4.69) is 9.47 Å². The lowest BCUT2D eigenvalue weighted by atomic mass is 10.3. The molecular weight excluding hydrogens is 152 g/mol. The lowest BCUT2D eigenvalue weighted by Gasteiger charge is -2.07. The molecule has 11 heavy (non-hydrogen) atoms. The molecule has 62 valence electrons. The van der Waals surface area contributed by atoms with Gasteiger partial charge in [0, 0.05) is 14.2 Å². The fourth-order valence-corrected chi connectivity index (χ4v) is 0.485. The zero-order valence-corrected chi connectivity index (χ0v) is 6.20. The molecule has 0 radical (unpaired) electrons. The number of ketones is 2. The van der Waals surface area contributed by atoms with Gasteiger partial charge in [-0.05, 0) is 0 Å². The lowest BCUT2D eigenvalue weighted by Crippen LogP contribution is -2.32. The monoisotopic (exact) mass is 160 g/mol.